The topological polar surface area (TPSA) is 144 Å². The standard InChI is InChI=1S/C20H28F3N3O3.C16H21F3N2O2.C4H7NO.CH4/c1-4-8-14-16(10-9-15-17(14)29-25-18(15)20(21,22)23)28-13-7-12-26(6-3)19(27)24-11-5-2;1-3-6-11-13(22-10-5-9-20-4-2)8-7-12-14(11)23-21-15(12)16(17,18)19;1-2-3-5-4-6;/h9-10H,4-8,11-13H2,1-3H3,(H,24,27);7-8,20H,3-6,9-10H2,1-2H3;2-3H2,1H3;1H4. The summed E-state index contributed by atoms with van der Waals surface area (Å²) in [7, 11) is 0. The highest BCUT2D eigenvalue weighted by Gasteiger charge is 2.38. The first-order valence-electron chi connectivity index (χ1n) is 19.7. The molecule has 18 heteroatoms. The third kappa shape index (κ3) is 16.4. The summed E-state index contributed by atoms with van der Waals surface area (Å²) in [6.45, 7) is 16.7. The summed E-state index contributed by atoms with van der Waals surface area (Å²) in [4.78, 5) is 26.3. The van der Waals surface area contributed by atoms with E-state index in [1.165, 1.54) is 24.3 Å². The minimum atomic E-state index is -4.57. The molecule has 332 valence electrons. The number of halogens is 6. The summed E-state index contributed by atoms with van der Waals surface area (Å²) < 4.78 is 99.6. The smallest absolute Gasteiger partial charge is 0.437 e. The number of fused-ring (bicyclic) bond motifs is 2. The molecule has 0 aliphatic rings. The van der Waals surface area contributed by atoms with Crippen molar-refractivity contribution in [2.45, 2.75) is 113 Å². The minimum Gasteiger partial charge on any atom is -0.493 e. The molecule has 0 saturated heterocycles. The SMILES string of the molecule is C.CCCN=C=O.CCCNC(=O)N(CC)CCCOc1ccc2c(C(F)(F)F)noc2c1CCC.CCCc1c(OCCCNCC)ccc2c(C(F)(F)F)noc12. The summed E-state index contributed by atoms with van der Waals surface area (Å²) in [6, 6.07) is 5.70. The summed E-state index contributed by atoms with van der Waals surface area (Å²) in [5.74, 6) is 1.06. The molecule has 2 N–H and O–H groups in total. The van der Waals surface area contributed by atoms with E-state index in [1.807, 2.05) is 41.5 Å². The molecule has 0 spiro atoms. The molecule has 4 rings (SSSR count). The first kappa shape index (κ1) is 52.2. The van der Waals surface area contributed by atoms with Gasteiger partial charge in [0.05, 0.1) is 30.5 Å². The van der Waals surface area contributed by atoms with E-state index in [0.717, 1.165) is 45.2 Å². The fraction of sp³-hybridized carbons (Fsp3) is 0.610. The van der Waals surface area contributed by atoms with Gasteiger partial charge in [0, 0.05) is 30.8 Å². The van der Waals surface area contributed by atoms with E-state index in [0.29, 0.717) is 81.3 Å². The van der Waals surface area contributed by atoms with Gasteiger partial charge in [-0.2, -0.15) is 26.3 Å². The molecule has 12 nitrogen and oxygen atoms in total. The molecule has 0 bridgehead atoms. The largest absolute Gasteiger partial charge is 0.493 e. The van der Waals surface area contributed by atoms with Crippen molar-refractivity contribution in [2.24, 2.45) is 4.99 Å². The molecule has 0 aliphatic carbocycles. The van der Waals surface area contributed by atoms with Crippen LogP contribution in [-0.2, 0) is 30.0 Å². The van der Waals surface area contributed by atoms with Crippen molar-refractivity contribution in [1.82, 2.24) is 25.8 Å². The number of aryl methyl sites for hydroxylation is 2. The van der Waals surface area contributed by atoms with Crippen molar-refractivity contribution in [3.63, 3.8) is 0 Å². The monoisotopic (exact) mass is 846 g/mol. The van der Waals surface area contributed by atoms with Crippen LogP contribution in [0.2, 0.25) is 0 Å². The van der Waals surface area contributed by atoms with Gasteiger partial charge in [-0.15, -0.1) is 0 Å². The van der Waals surface area contributed by atoms with E-state index >= 15 is 0 Å². The zero-order valence-corrected chi connectivity index (χ0v) is 34.1. The van der Waals surface area contributed by atoms with Gasteiger partial charge in [-0.05, 0) is 82.8 Å². The van der Waals surface area contributed by atoms with Gasteiger partial charge in [0.1, 0.15) is 11.5 Å². The maximum atomic E-state index is 13.1. The molecular weight excluding hydrogens is 786 g/mol. The molecule has 2 aromatic heterocycles. The van der Waals surface area contributed by atoms with Gasteiger partial charge in [0.2, 0.25) is 6.08 Å². The van der Waals surface area contributed by atoms with E-state index in [9.17, 15) is 35.9 Å². The van der Waals surface area contributed by atoms with Crippen LogP contribution in [0.3, 0.4) is 0 Å². The van der Waals surface area contributed by atoms with Gasteiger partial charge in [-0.3, -0.25) is 0 Å². The van der Waals surface area contributed by atoms with Gasteiger partial charge >= 0.3 is 18.4 Å². The van der Waals surface area contributed by atoms with Crippen LogP contribution in [0.5, 0.6) is 11.5 Å². The summed E-state index contributed by atoms with van der Waals surface area (Å²) in [5, 5.41) is 12.4. The Morgan fingerprint density at radius 3 is 1.66 bits per heavy atom. The normalized spacial score (nSPS) is 11.1. The molecule has 0 fully saturated rings. The number of amides is 2. The Morgan fingerprint density at radius 2 is 1.27 bits per heavy atom. The molecule has 0 radical (unpaired) electrons. The van der Waals surface area contributed by atoms with E-state index < -0.39 is 23.7 Å². The second-order valence-corrected chi connectivity index (χ2v) is 12.9. The number of rotatable bonds is 20. The number of hydrogen-bond acceptors (Lipinski definition) is 10. The average molecular weight is 847 g/mol. The number of carbonyl (C=O) groups excluding carboxylic acids is 2. The highest BCUT2D eigenvalue weighted by Crippen LogP contribution is 2.39. The van der Waals surface area contributed by atoms with Crippen LogP contribution in [-0.4, -0.2) is 79.8 Å². The van der Waals surface area contributed by atoms with Crippen molar-refractivity contribution in [2.75, 3.05) is 52.5 Å². The Kier molecular flexibility index (Phi) is 23.9. The number of aromatic nitrogens is 2. The number of alkyl halides is 6. The van der Waals surface area contributed by atoms with Gasteiger partial charge in [0.15, 0.2) is 22.6 Å². The van der Waals surface area contributed by atoms with Gasteiger partial charge in [-0.1, -0.05) is 65.2 Å². The van der Waals surface area contributed by atoms with Crippen LogP contribution in [0.4, 0.5) is 31.1 Å². The molecule has 0 saturated carbocycles. The van der Waals surface area contributed by atoms with Gasteiger partial charge in [0.25, 0.3) is 0 Å². The van der Waals surface area contributed by atoms with E-state index in [4.69, 9.17) is 18.5 Å². The van der Waals surface area contributed by atoms with Crippen molar-refractivity contribution < 1.29 is 54.5 Å². The first-order chi connectivity index (χ1) is 27.7. The lowest BCUT2D eigenvalue weighted by Gasteiger charge is -2.21. The number of isocyanates is 1. The van der Waals surface area contributed by atoms with Crippen molar-refractivity contribution in [3.8, 4) is 11.5 Å². The fourth-order valence-electron chi connectivity index (χ4n) is 5.63. The number of hydrogen-bond donors (Lipinski definition) is 2. The van der Waals surface area contributed by atoms with Crippen LogP contribution < -0.4 is 20.1 Å². The number of aliphatic imine (C=N–C) groups is 1. The lowest BCUT2D eigenvalue weighted by molar-refractivity contribution is -0.142. The van der Waals surface area contributed by atoms with Gasteiger partial charge in [-0.25, -0.2) is 14.6 Å². The minimum absolute atomic E-state index is 0. The fourth-order valence-corrected chi connectivity index (χ4v) is 5.63. The molecular formula is C41H60F6N6O6. The van der Waals surface area contributed by atoms with Crippen LogP contribution in [0.15, 0.2) is 38.3 Å². The molecule has 59 heavy (non-hydrogen) atoms. The van der Waals surface area contributed by atoms with E-state index in [1.54, 1.807) is 11.0 Å². The number of ether oxygens (including phenoxy) is 2. The first-order valence-corrected chi connectivity index (χ1v) is 19.7. The molecule has 4 aromatic rings. The van der Waals surface area contributed by atoms with Crippen LogP contribution in [0.25, 0.3) is 21.9 Å². The van der Waals surface area contributed by atoms with Gasteiger partial charge < -0.3 is 34.1 Å². The molecule has 0 aliphatic heterocycles. The van der Waals surface area contributed by atoms with Crippen molar-refractivity contribution in [1.29, 1.82) is 0 Å². The number of benzene rings is 2. The Bertz CT molecular complexity index is 1860. The Hall–Kier alpha value is -4.83. The molecule has 0 atom stereocenters. The van der Waals surface area contributed by atoms with E-state index in [2.05, 4.69) is 25.9 Å². The molecule has 0 unspecified atom stereocenters. The lowest BCUT2D eigenvalue weighted by Crippen LogP contribution is -2.41. The Labute approximate surface area is 342 Å². The average Bonchev–Trinajstić information content (AvgIpc) is 3.84. The number of carbonyl (C=O) groups is 1. The van der Waals surface area contributed by atoms with Crippen molar-refractivity contribution in [3.05, 3.63) is 46.8 Å². The third-order valence-corrected chi connectivity index (χ3v) is 8.37. The number of urea groups is 1. The summed E-state index contributed by atoms with van der Waals surface area (Å²) >= 11 is 0. The van der Waals surface area contributed by atoms with E-state index in [-0.39, 0.29) is 35.4 Å². The highest BCUT2D eigenvalue weighted by atomic mass is 19.4. The van der Waals surface area contributed by atoms with Crippen LogP contribution in [0, 0.1) is 0 Å². The summed E-state index contributed by atoms with van der Waals surface area (Å²) in [5.41, 5.74) is -0.483. The molecule has 2 amide bonds. The predicted octanol–water partition coefficient (Wildman–Crippen LogP) is 10.6. The second-order valence-electron chi connectivity index (χ2n) is 12.9. The third-order valence-electron chi connectivity index (χ3n) is 8.37. The maximum Gasteiger partial charge on any atom is 0.437 e. The number of nitrogens with one attached hydrogen (secondary N) is 2. The Balaban J connectivity index is 0.000000519. The maximum absolute atomic E-state index is 13.1. The van der Waals surface area contributed by atoms with Crippen LogP contribution >= 0.6 is 0 Å². The Morgan fingerprint density at radius 1 is 0.763 bits per heavy atom. The predicted molar refractivity (Wildman–Crippen MR) is 216 cm³/mol. The lowest BCUT2D eigenvalue weighted by atomic mass is 10.0. The quantitative estimate of drug-likeness (QED) is 0.0384. The molecule has 2 aromatic carbocycles. The second kappa shape index (κ2) is 27.0. The summed E-state index contributed by atoms with van der Waals surface area (Å²) in [6.07, 6.45) is -1.86. The molecule has 2 heterocycles. The number of nitrogens with zero attached hydrogens (tertiary/aromatic N) is 4. The van der Waals surface area contributed by atoms with Crippen LogP contribution in [0.1, 0.15) is 110 Å². The zero-order chi connectivity index (χ0) is 43.1. The zero-order valence-electron chi connectivity index (χ0n) is 34.1. The highest BCUT2D eigenvalue weighted by molar-refractivity contribution is 5.86. The van der Waals surface area contributed by atoms with Crippen molar-refractivity contribution >= 4 is 34.0 Å².